The minimum Gasteiger partial charge on any atom is -0.546 e. The van der Waals surface area contributed by atoms with Crippen LogP contribution in [0.15, 0.2) is 91.0 Å². The van der Waals surface area contributed by atoms with Gasteiger partial charge in [-0.2, -0.15) is 0 Å². The summed E-state index contributed by atoms with van der Waals surface area (Å²) in [5, 5.41) is -0.571. The highest BCUT2D eigenvalue weighted by Gasteiger charge is 2.75. The third-order valence-corrected chi connectivity index (χ3v) is 44.5. The van der Waals surface area contributed by atoms with E-state index in [0.29, 0.717) is 0 Å². The quantitative estimate of drug-likeness (QED) is 0.245. The second-order valence-corrected chi connectivity index (χ2v) is 44.2. The van der Waals surface area contributed by atoms with Gasteiger partial charge in [0.2, 0.25) is 0 Å². The summed E-state index contributed by atoms with van der Waals surface area (Å²) < 4.78 is 21.2. The lowest BCUT2D eigenvalue weighted by Gasteiger charge is -2.64. The van der Waals surface area contributed by atoms with Crippen LogP contribution in [0.25, 0.3) is 5.76 Å². The number of ether oxygens (including phenoxy) is 1. The van der Waals surface area contributed by atoms with Crippen molar-refractivity contribution in [1.29, 1.82) is 0 Å². The molecule has 39 heavy (non-hydrogen) atoms. The zero-order valence-electron chi connectivity index (χ0n) is 25.5. The Morgan fingerprint density at radius 2 is 1.21 bits per heavy atom. The van der Waals surface area contributed by atoms with Gasteiger partial charge in [0.15, 0.2) is 8.32 Å². The molecule has 0 saturated heterocycles. The second-order valence-electron chi connectivity index (χ2n) is 13.7. The fourth-order valence-corrected chi connectivity index (χ4v) is 55.6. The lowest BCUT2D eigenvalue weighted by Crippen LogP contribution is -2.85. The van der Waals surface area contributed by atoms with Gasteiger partial charge in [0.25, 0.3) is 7.35 Å². The minimum absolute atomic E-state index is 0.0212. The average molecular weight is 591 g/mol. The molecule has 1 aliphatic rings. The number of methoxy groups -OCH3 is 1. The molecule has 0 N–H and O–H groups in total. The highest BCUT2D eigenvalue weighted by atomic mass is 29.7. The summed E-state index contributed by atoms with van der Waals surface area (Å²) in [5.41, 5.74) is 3.68. The van der Waals surface area contributed by atoms with Gasteiger partial charge in [0.1, 0.15) is 16.7 Å². The normalized spacial score (nSPS) is 21.6. The Bertz CT molecular complexity index is 1270. The van der Waals surface area contributed by atoms with Crippen LogP contribution in [-0.4, -0.2) is 38.0 Å². The van der Waals surface area contributed by atoms with Crippen molar-refractivity contribution in [3.05, 3.63) is 108 Å². The van der Waals surface area contributed by atoms with E-state index in [2.05, 4.69) is 150 Å². The summed E-state index contributed by atoms with van der Waals surface area (Å²) in [6.45, 7) is 22.3. The fraction of sp³-hybridized carbons (Fsp3) is 0.375. The van der Waals surface area contributed by atoms with Gasteiger partial charge in [0.05, 0.1) is 22.3 Å². The van der Waals surface area contributed by atoms with E-state index in [-0.39, 0.29) is 5.92 Å². The summed E-state index contributed by atoms with van der Waals surface area (Å²) in [7, 11) is -7.18. The minimum atomic E-state index is -2.75. The Labute approximate surface area is 240 Å². The topological polar surface area (TPSA) is 27.7 Å². The Hall–Kier alpha value is -2.17. The van der Waals surface area contributed by atoms with Crippen LogP contribution in [-0.2, 0) is 14.1 Å². The van der Waals surface area contributed by atoms with Gasteiger partial charge in [-0.1, -0.05) is 112 Å². The maximum atomic E-state index is 7.81. The Morgan fingerprint density at radius 1 is 0.692 bits per heavy atom. The first-order valence-electron chi connectivity index (χ1n) is 14.0. The van der Waals surface area contributed by atoms with E-state index in [1.165, 1.54) is 11.1 Å². The molecule has 0 aromatic heterocycles. The largest absolute Gasteiger partial charge is 0.546 e. The van der Waals surface area contributed by atoms with Crippen LogP contribution in [0, 0.1) is 0 Å². The first-order valence-corrected chi connectivity index (χ1v) is 28.3. The van der Waals surface area contributed by atoms with Crippen molar-refractivity contribution in [2.45, 2.75) is 70.1 Å². The summed E-state index contributed by atoms with van der Waals surface area (Å²) in [4.78, 5) is 0. The fourth-order valence-electron chi connectivity index (χ4n) is 6.96. The van der Waals surface area contributed by atoms with Gasteiger partial charge >= 0.3 is 0 Å². The first-order chi connectivity index (χ1) is 18.2. The van der Waals surface area contributed by atoms with Gasteiger partial charge in [-0.15, -0.1) is 0 Å². The van der Waals surface area contributed by atoms with E-state index >= 15 is 0 Å². The molecule has 0 bridgehead atoms. The molecule has 3 aromatic carbocycles. The van der Waals surface area contributed by atoms with Gasteiger partial charge in [-0.05, 0) is 49.0 Å². The smallest absolute Gasteiger partial charge is 0.253 e. The molecule has 1 aliphatic heterocycles. The number of hydrogen-bond acceptors (Lipinski definition) is 3. The van der Waals surface area contributed by atoms with Crippen molar-refractivity contribution in [2.24, 2.45) is 0 Å². The summed E-state index contributed by atoms with van der Waals surface area (Å²) >= 11 is 0. The first kappa shape index (κ1) is 29.8. The van der Waals surface area contributed by atoms with E-state index in [4.69, 9.17) is 13.6 Å². The molecule has 0 amide bonds. The van der Waals surface area contributed by atoms with Gasteiger partial charge < -0.3 is 13.6 Å². The van der Waals surface area contributed by atoms with E-state index < -0.39 is 36.1 Å². The Balaban J connectivity index is 2.23. The SMILES string of the molecule is COc1ccc(C2(O[Si](C)(C)C)C(c3ccccc3)C=C(c3ccccc3)O[Si]2([Si](C)(C)C)[Si](C)(C)C)cc1. The molecule has 7 heteroatoms. The number of rotatable bonds is 8. The van der Waals surface area contributed by atoms with Gasteiger partial charge in [-0.3, -0.25) is 0 Å². The standard InChI is InChI=1S/C32H46O3Si4/c1-33-29-23-21-28(22-24-29)32(35-36(2,3)4)30(26-17-13-11-14-18-26)25-31(27-19-15-12-16-20-27)34-39(32,37(5,6)7)38(8,9)10/h11-25,30H,1-10H3. The average Bonchev–Trinajstić information content (AvgIpc) is 2.87. The summed E-state index contributed by atoms with van der Waals surface area (Å²) in [6, 6.07) is 30.5. The van der Waals surface area contributed by atoms with Crippen molar-refractivity contribution in [3.8, 4) is 5.75 Å². The van der Waals surface area contributed by atoms with Crippen LogP contribution in [0.5, 0.6) is 5.75 Å². The van der Waals surface area contributed by atoms with E-state index in [0.717, 1.165) is 17.1 Å². The monoisotopic (exact) mass is 590 g/mol. The molecule has 0 radical (unpaired) electrons. The molecular weight excluding hydrogens is 545 g/mol. The van der Waals surface area contributed by atoms with E-state index in [1.807, 2.05) is 0 Å². The lowest BCUT2D eigenvalue weighted by molar-refractivity contribution is 0.100. The lowest BCUT2D eigenvalue weighted by atomic mass is 9.87. The summed E-state index contributed by atoms with van der Waals surface area (Å²) in [5.74, 6) is 1.92. The molecule has 0 saturated carbocycles. The third-order valence-electron chi connectivity index (χ3n) is 7.86. The van der Waals surface area contributed by atoms with Crippen LogP contribution in [0.2, 0.25) is 58.9 Å². The molecule has 1 heterocycles. The van der Waals surface area contributed by atoms with Crippen LogP contribution >= 0.6 is 0 Å². The molecule has 3 aromatic rings. The van der Waals surface area contributed by atoms with Crippen molar-refractivity contribution in [2.75, 3.05) is 7.11 Å². The summed E-state index contributed by atoms with van der Waals surface area (Å²) in [6.07, 6.45) is 2.39. The Kier molecular flexibility index (Phi) is 8.15. The predicted molar refractivity (Wildman–Crippen MR) is 176 cm³/mol. The zero-order valence-corrected chi connectivity index (χ0v) is 29.5. The molecule has 208 valence electrons. The molecule has 2 atom stereocenters. The van der Waals surface area contributed by atoms with Gasteiger partial charge in [-0.25, -0.2) is 0 Å². The molecule has 2 unspecified atom stereocenters. The van der Waals surface area contributed by atoms with E-state index in [1.54, 1.807) is 7.11 Å². The van der Waals surface area contributed by atoms with Crippen molar-refractivity contribution in [3.63, 3.8) is 0 Å². The highest BCUT2D eigenvalue weighted by Crippen LogP contribution is 2.59. The molecule has 0 fully saturated rings. The van der Waals surface area contributed by atoms with E-state index in [9.17, 15) is 0 Å². The van der Waals surface area contributed by atoms with Crippen LogP contribution in [0.4, 0.5) is 0 Å². The number of benzene rings is 3. The maximum absolute atomic E-state index is 7.81. The molecule has 0 spiro atoms. The number of hydrogen-bond donors (Lipinski definition) is 0. The Morgan fingerprint density at radius 3 is 1.67 bits per heavy atom. The molecule has 3 nitrogen and oxygen atoms in total. The zero-order chi connectivity index (χ0) is 28.7. The molecule has 4 rings (SSSR count). The van der Waals surface area contributed by atoms with Crippen LogP contribution in [0.1, 0.15) is 22.6 Å². The highest BCUT2D eigenvalue weighted by molar-refractivity contribution is 7.67. The van der Waals surface area contributed by atoms with Crippen molar-refractivity contribution in [1.82, 2.24) is 0 Å². The second kappa shape index (κ2) is 10.7. The van der Waals surface area contributed by atoms with Crippen LogP contribution < -0.4 is 4.74 Å². The molecular formula is C32H46O3Si4. The maximum Gasteiger partial charge on any atom is 0.253 e. The van der Waals surface area contributed by atoms with Crippen molar-refractivity contribution < 1.29 is 13.6 Å². The predicted octanol–water partition coefficient (Wildman–Crippen LogP) is 8.92. The van der Waals surface area contributed by atoms with Gasteiger partial charge in [0, 0.05) is 11.5 Å². The van der Waals surface area contributed by atoms with Crippen LogP contribution in [0.3, 0.4) is 0 Å². The van der Waals surface area contributed by atoms with Crippen molar-refractivity contribution >= 4 is 36.6 Å². The third kappa shape index (κ3) is 5.31. The molecule has 0 aliphatic carbocycles.